The number of rotatable bonds is 3. The molecule has 0 fully saturated rings. The highest BCUT2D eigenvalue weighted by molar-refractivity contribution is 6.30. The number of benzene rings is 1. The van der Waals surface area contributed by atoms with Gasteiger partial charge >= 0.3 is 6.18 Å². The van der Waals surface area contributed by atoms with E-state index in [2.05, 4.69) is 10.3 Å². The van der Waals surface area contributed by atoms with Crippen molar-refractivity contribution >= 4 is 17.3 Å². The third-order valence-electron chi connectivity index (χ3n) is 2.77. The smallest absolute Gasteiger partial charge is 0.380 e. The Labute approximate surface area is 119 Å². The SMILES string of the molecule is Cc1cc(NCc2cccc(C(F)(F)F)c2)cnc1Cl. The summed E-state index contributed by atoms with van der Waals surface area (Å²) in [5.41, 5.74) is 1.42. The Kier molecular flexibility index (Phi) is 4.18. The predicted molar refractivity (Wildman–Crippen MR) is 72.8 cm³/mol. The highest BCUT2D eigenvalue weighted by Crippen LogP contribution is 2.29. The Morgan fingerprint density at radius 3 is 2.65 bits per heavy atom. The van der Waals surface area contributed by atoms with E-state index in [1.165, 1.54) is 6.07 Å². The summed E-state index contributed by atoms with van der Waals surface area (Å²) in [5.74, 6) is 0. The molecule has 2 rings (SSSR count). The maximum atomic E-state index is 12.6. The van der Waals surface area contributed by atoms with Crippen molar-refractivity contribution in [1.29, 1.82) is 0 Å². The first-order chi connectivity index (χ1) is 9.36. The number of halogens is 4. The number of nitrogens with zero attached hydrogens (tertiary/aromatic N) is 1. The van der Waals surface area contributed by atoms with Crippen molar-refractivity contribution in [3.63, 3.8) is 0 Å². The lowest BCUT2D eigenvalue weighted by Gasteiger charge is -2.10. The fourth-order valence-corrected chi connectivity index (χ4v) is 1.82. The van der Waals surface area contributed by atoms with Gasteiger partial charge < -0.3 is 5.32 Å². The molecule has 0 aliphatic carbocycles. The van der Waals surface area contributed by atoms with Gasteiger partial charge in [-0.05, 0) is 36.2 Å². The number of aromatic nitrogens is 1. The van der Waals surface area contributed by atoms with Gasteiger partial charge in [-0.3, -0.25) is 0 Å². The first kappa shape index (κ1) is 14.7. The largest absolute Gasteiger partial charge is 0.416 e. The molecule has 0 saturated carbocycles. The molecule has 2 nitrogen and oxygen atoms in total. The van der Waals surface area contributed by atoms with Gasteiger partial charge in [0.2, 0.25) is 0 Å². The van der Waals surface area contributed by atoms with Crippen molar-refractivity contribution in [2.45, 2.75) is 19.6 Å². The molecule has 6 heteroatoms. The number of hydrogen-bond acceptors (Lipinski definition) is 2. The van der Waals surface area contributed by atoms with Gasteiger partial charge in [0.25, 0.3) is 0 Å². The van der Waals surface area contributed by atoms with Crippen LogP contribution in [0.25, 0.3) is 0 Å². The molecule has 106 valence electrons. The van der Waals surface area contributed by atoms with E-state index >= 15 is 0 Å². The second-order valence-corrected chi connectivity index (χ2v) is 4.74. The number of nitrogens with one attached hydrogen (secondary N) is 1. The molecule has 0 saturated heterocycles. The normalized spacial score (nSPS) is 11.4. The fourth-order valence-electron chi connectivity index (χ4n) is 1.72. The molecule has 2 aromatic rings. The Morgan fingerprint density at radius 2 is 2.00 bits per heavy atom. The van der Waals surface area contributed by atoms with Crippen LogP contribution >= 0.6 is 11.6 Å². The third-order valence-corrected chi connectivity index (χ3v) is 3.16. The van der Waals surface area contributed by atoms with Gasteiger partial charge in [-0.2, -0.15) is 13.2 Å². The van der Waals surface area contributed by atoms with E-state index in [1.54, 1.807) is 18.3 Å². The van der Waals surface area contributed by atoms with Crippen LogP contribution in [-0.4, -0.2) is 4.98 Å². The van der Waals surface area contributed by atoms with Crippen LogP contribution in [0.5, 0.6) is 0 Å². The van der Waals surface area contributed by atoms with Gasteiger partial charge in [-0.15, -0.1) is 0 Å². The lowest BCUT2D eigenvalue weighted by Crippen LogP contribution is -2.07. The molecule has 0 aliphatic rings. The van der Waals surface area contributed by atoms with E-state index in [9.17, 15) is 13.2 Å². The molecular weight excluding hydrogens is 289 g/mol. The zero-order chi connectivity index (χ0) is 14.8. The minimum Gasteiger partial charge on any atom is -0.380 e. The van der Waals surface area contributed by atoms with Crippen molar-refractivity contribution in [2.24, 2.45) is 0 Å². The van der Waals surface area contributed by atoms with E-state index in [0.717, 1.165) is 17.7 Å². The number of alkyl halides is 3. The Morgan fingerprint density at radius 1 is 1.25 bits per heavy atom. The van der Waals surface area contributed by atoms with Crippen LogP contribution in [0.4, 0.5) is 18.9 Å². The first-order valence-corrected chi connectivity index (χ1v) is 6.26. The summed E-state index contributed by atoms with van der Waals surface area (Å²) in [6.07, 6.45) is -2.78. The standard InChI is InChI=1S/C14H12ClF3N2/c1-9-5-12(8-20-13(9)15)19-7-10-3-2-4-11(6-10)14(16,17)18/h2-6,8,19H,7H2,1H3. The first-order valence-electron chi connectivity index (χ1n) is 5.88. The van der Waals surface area contributed by atoms with E-state index < -0.39 is 11.7 Å². The summed E-state index contributed by atoms with van der Waals surface area (Å²) >= 11 is 5.80. The molecule has 0 bridgehead atoms. The molecule has 0 spiro atoms. The minimum absolute atomic E-state index is 0.284. The molecule has 0 amide bonds. The average molecular weight is 301 g/mol. The van der Waals surface area contributed by atoms with E-state index in [-0.39, 0.29) is 6.54 Å². The van der Waals surface area contributed by atoms with Gasteiger partial charge in [0, 0.05) is 6.54 Å². The maximum Gasteiger partial charge on any atom is 0.416 e. The summed E-state index contributed by atoms with van der Waals surface area (Å²) in [6.45, 7) is 2.09. The Balaban J connectivity index is 2.09. The van der Waals surface area contributed by atoms with Gasteiger partial charge in [-0.25, -0.2) is 4.98 Å². The number of pyridine rings is 1. The summed E-state index contributed by atoms with van der Waals surface area (Å²) in [5, 5.41) is 3.43. The van der Waals surface area contributed by atoms with Crippen LogP contribution in [0, 0.1) is 6.92 Å². The molecule has 0 aliphatic heterocycles. The van der Waals surface area contributed by atoms with Crippen molar-refractivity contribution < 1.29 is 13.2 Å². The van der Waals surface area contributed by atoms with E-state index in [0.29, 0.717) is 16.4 Å². The third kappa shape index (κ3) is 3.63. The van der Waals surface area contributed by atoms with Crippen LogP contribution in [0.15, 0.2) is 36.5 Å². The molecule has 1 aromatic carbocycles. The van der Waals surface area contributed by atoms with Crippen LogP contribution in [-0.2, 0) is 12.7 Å². The number of aryl methyl sites for hydroxylation is 1. The number of hydrogen-bond donors (Lipinski definition) is 1. The van der Waals surface area contributed by atoms with Crippen LogP contribution in [0.2, 0.25) is 5.15 Å². The maximum absolute atomic E-state index is 12.6. The summed E-state index contributed by atoms with van der Waals surface area (Å²) in [7, 11) is 0. The molecule has 1 N–H and O–H groups in total. The van der Waals surface area contributed by atoms with Crippen molar-refractivity contribution in [1.82, 2.24) is 4.98 Å². The molecular formula is C14H12ClF3N2. The van der Waals surface area contributed by atoms with Gasteiger partial charge in [0.1, 0.15) is 5.15 Å². The lowest BCUT2D eigenvalue weighted by atomic mass is 10.1. The highest BCUT2D eigenvalue weighted by Gasteiger charge is 2.30. The van der Waals surface area contributed by atoms with Crippen LogP contribution in [0.3, 0.4) is 0 Å². The van der Waals surface area contributed by atoms with Gasteiger partial charge in [-0.1, -0.05) is 23.7 Å². The molecule has 0 radical (unpaired) electrons. The second-order valence-electron chi connectivity index (χ2n) is 4.38. The topological polar surface area (TPSA) is 24.9 Å². The van der Waals surface area contributed by atoms with Crippen molar-refractivity contribution in [3.8, 4) is 0 Å². The van der Waals surface area contributed by atoms with Gasteiger partial charge in [0.15, 0.2) is 0 Å². The average Bonchev–Trinajstić information content (AvgIpc) is 2.39. The van der Waals surface area contributed by atoms with Crippen molar-refractivity contribution in [3.05, 3.63) is 58.4 Å². The summed E-state index contributed by atoms with van der Waals surface area (Å²) < 4.78 is 37.8. The van der Waals surface area contributed by atoms with E-state index in [4.69, 9.17) is 11.6 Å². The lowest BCUT2D eigenvalue weighted by molar-refractivity contribution is -0.137. The Bertz CT molecular complexity index is 612. The summed E-state index contributed by atoms with van der Waals surface area (Å²) in [6, 6.07) is 7.01. The van der Waals surface area contributed by atoms with Crippen LogP contribution < -0.4 is 5.32 Å². The molecule has 20 heavy (non-hydrogen) atoms. The number of anilines is 1. The fraction of sp³-hybridized carbons (Fsp3) is 0.214. The Hall–Kier alpha value is -1.75. The quantitative estimate of drug-likeness (QED) is 0.833. The predicted octanol–water partition coefficient (Wildman–Crippen LogP) is 4.67. The molecule has 1 aromatic heterocycles. The van der Waals surface area contributed by atoms with Gasteiger partial charge in [0.05, 0.1) is 17.4 Å². The minimum atomic E-state index is -4.32. The zero-order valence-electron chi connectivity index (χ0n) is 10.6. The van der Waals surface area contributed by atoms with Crippen molar-refractivity contribution in [2.75, 3.05) is 5.32 Å². The van der Waals surface area contributed by atoms with E-state index in [1.807, 2.05) is 6.92 Å². The summed E-state index contributed by atoms with van der Waals surface area (Å²) in [4.78, 5) is 3.97. The molecule has 0 atom stereocenters. The second kappa shape index (κ2) is 5.71. The van der Waals surface area contributed by atoms with Crippen LogP contribution in [0.1, 0.15) is 16.7 Å². The monoisotopic (exact) mass is 300 g/mol. The zero-order valence-corrected chi connectivity index (χ0v) is 11.4. The highest BCUT2D eigenvalue weighted by atomic mass is 35.5. The molecule has 1 heterocycles. The molecule has 0 unspecified atom stereocenters.